The van der Waals surface area contributed by atoms with Crippen molar-refractivity contribution in [2.75, 3.05) is 20.2 Å². The van der Waals surface area contributed by atoms with Crippen molar-refractivity contribution in [3.63, 3.8) is 0 Å². The van der Waals surface area contributed by atoms with Crippen LogP contribution in [0.4, 0.5) is 0 Å². The van der Waals surface area contributed by atoms with Crippen LogP contribution in [-0.4, -0.2) is 41.4 Å². The second-order valence-corrected chi connectivity index (χ2v) is 6.18. The van der Waals surface area contributed by atoms with Crippen LogP contribution < -0.4 is 0 Å². The summed E-state index contributed by atoms with van der Waals surface area (Å²) in [7, 11) is 1.73. The Balaban J connectivity index is 2.46. The van der Waals surface area contributed by atoms with Gasteiger partial charge in [-0.1, -0.05) is 15.9 Å². The molecule has 1 heterocycles. The van der Waals surface area contributed by atoms with Crippen molar-refractivity contribution in [3.8, 4) is 0 Å². The molecule has 0 aromatic rings. The number of likely N-dealkylation sites (tertiary alicyclic amines) is 1. The van der Waals surface area contributed by atoms with Gasteiger partial charge in [-0.15, -0.1) is 0 Å². The molecule has 0 bridgehead atoms. The van der Waals surface area contributed by atoms with Crippen molar-refractivity contribution < 1.29 is 9.53 Å². The molecule has 0 aromatic heterocycles. The molecular formula is C10H18BrNO2. The van der Waals surface area contributed by atoms with Crippen molar-refractivity contribution in [1.29, 1.82) is 0 Å². The van der Waals surface area contributed by atoms with E-state index in [1.807, 2.05) is 18.7 Å². The number of hydrogen-bond donors (Lipinski definition) is 0. The lowest BCUT2D eigenvalue weighted by Crippen LogP contribution is -2.46. The predicted octanol–water partition coefficient (Wildman–Crippen LogP) is 1.80. The van der Waals surface area contributed by atoms with Crippen LogP contribution in [0, 0.1) is 0 Å². The molecule has 14 heavy (non-hydrogen) atoms. The van der Waals surface area contributed by atoms with Crippen LogP contribution in [0.5, 0.6) is 0 Å². The van der Waals surface area contributed by atoms with Gasteiger partial charge in [-0.05, 0) is 26.7 Å². The normalized spacial score (nSPS) is 19.9. The number of nitrogens with zero attached hydrogens (tertiary/aromatic N) is 1. The van der Waals surface area contributed by atoms with Gasteiger partial charge in [-0.2, -0.15) is 0 Å². The van der Waals surface area contributed by atoms with E-state index in [0.717, 1.165) is 25.9 Å². The van der Waals surface area contributed by atoms with Crippen LogP contribution in [0.15, 0.2) is 0 Å². The molecule has 0 N–H and O–H groups in total. The van der Waals surface area contributed by atoms with Gasteiger partial charge in [-0.3, -0.25) is 4.79 Å². The summed E-state index contributed by atoms with van der Waals surface area (Å²) in [5.74, 6) is 0.173. The maximum absolute atomic E-state index is 11.9. The molecule has 1 rings (SSSR count). The molecule has 1 aliphatic rings. The molecule has 0 aliphatic carbocycles. The molecule has 82 valence electrons. The third-order valence-electron chi connectivity index (χ3n) is 2.57. The number of rotatable bonds is 2. The maximum atomic E-state index is 11.9. The number of hydrogen-bond acceptors (Lipinski definition) is 2. The second kappa shape index (κ2) is 4.62. The van der Waals surface area contributed by atoms with E-state index in [1.165, 1.54) is 0 Å². The Bertz CT molecular complexity index is 205. The minimum Gasteiger partial charge on any atom is -0.381 e. The van der Waals surface area contributed by atoms with Crippen LogP contribution >= 0.6 is 15.9 Å². The third-order valence-corrected chi connectivity index (χ3v) is 2.91. The highest BCUT2D eigenvalue weighted by atomic mass is 79.9. The smallest absolute Gasteiger partial charge is 0.238 e. The summed E-state index contributed by atoms with van der Waals surface area (Å²) < 4.78 is 4.82. The summed E-state index contributed by atoms with van der Waals surface area (Å²) in [5, 5.41) is 0. The number of alkyl halides is 1. The number of piperidine rings is 1. The first kappa shape index (κ1) is 12.0. The SMILES string of the molecule is COC1CCN(C(=O)C(C)(C)Br)CC1. The second-order valence-electron chi connectivity index (χ2n) is 4.20. The molecular weight excluding hydrogens is 246 g/mol. The average Bonchev–Trinajstić information content (AvgIpc) is 2.15. The van der Waals surface area contributed by atoms with Crippen molar-refractivity contribution >= 4 is 21.8 Å². The highest BCUT2D eigenvalue weighted by molar-refractivity contribution is 9.10. The highest BCUT2D eigenvalue weighted by Crippen LogP contribution is 2.22. The first-order valence-corrected chi connectivity index (χ1v) is 5.75. The van der Waals surface area contributed by atoms with Gasteiger partial charge in [0.15, 0.2) is 0 Å². The summed E-state index contributed by atoms with van der Waals surface area (Å²) in [6.45, 7) is 5.40. The van der Waals surface area contributed by atoms with Crippen LogP contribution in [0.2, 0.25) is 0 Å². The zero-order valence-electron chi connectivity index (χ0n) is 9.05. The number of halogens is 1. The summed E-state index contributed by atoms with van der Waals surface area (Å²) in [5.41, 5.74) is 0. The van der Waals surface area contributed by atoms with Crippen molar-refractivity contribution in [2.45, 2.75) is 37.1 Å². The topological polar surface area (TPSA) is 29.5 Å². The van der Waals surface area contributed by atoms with Crippen LogP contribution in [0.25, 0.3) is 0 Å². The summed E-state index contributed by atoms with van der Waals surface area (Å²) in [4.78, 5) is 13.8. The lowest BCUT2D eigenvalue weighted by atomic mass is 10.1. The Morgan fingerprint density at radius 2 is 1.93 bits per heavy atom. The molecule has 1 saturated heterocycles. The summed E-state index contributed by atoms with van der Waals surface area (Å²) >= 11 is 3.39. The molecule has 4 heteroatoms. The Labute approximate surface area is 93.9 Å². The lowest BCUT2D eigenvalue weighted by Gasteiger charge is -2.34. The number of amides is 1. The van der Waals surface area contributed by atoms with Crippen LogP contribution in [0.3, 0.4) is 0 Å². The third kappa shape index (κ3) is 2.95. The van der Waals surface area contributed by atoms with Crippen LogP contribution in [0.1, 0.15) is 26.7 Å². The van der Waals surface area contributed by atoms with Gasteiger partial charge in [0.25, 0.3) is 0 Å². The average molecular weight is 264 g/mol. The molecule has 1 fully saturated rings. The number of carbonyl (C=O) groups is 1. The van der Waals surface area contributed by atoms with Crippen molar-refractivity contribution in [2.24, 2.45) is 0 Å². The Hall–Kier alpha value is -0.0900. The van der Waals surface area contributed by atoms with Gasteiger partial charge in [0.1, 0.15) is 0 Å². The van der Waals surface area contributed by atoms with Crippen molar-refractivity contribution in [1.82, 2.24) is 4.90 Å². The fourth-order valence-electron chi connectivity index (χ4n) is 1.67. The van der Waals surface area contributed by atoms with Gasteiger partial charge < -0.3 is 9.64 Å². The van der Waals surface area contributed by atoms with E-state index < -0.39 is 4.32 Å². The first-order chi connectivity index (χ1) is 6.45. The fraction of sp³-hybridized carbons (Fsp3) is 0.900. The van der Waals surface area contributed by atoms with Crippen LogP contribution in [-0.2, 0) is 9.53 Å². The van der Waals surface area contributed by atoms with E-state index in [1.54, 1.807) is 7.11 Å². The highest BCUT2D eigenvalue weighted by Gasteiger charge is 2.31. The maximum Gasteiger partial charge on any atom is 0.238 e. The van der Waals surface area contributed by atoms with E-state index in [4.69, 9.17) is 4.74 Å². The predicted molar refractivity (Wildman–Crippen MR) is 59.6 cm³/mol. The molecule has 0 spiro atoms. The molecule has 1 aliphatic heterocycles. The Kier molecular flexibility index (Phi) is 3.95. The van der Waals surface area contributed by atoms with E-state index in [9.17, 15) is 4.79 Å². The standard InChI is InChI=1S/C10H18BrNO2/c1-10(2,11)9(13)12-6-4-8(14-3)5-7-12/h8H,4-7H2,1-3H3. The minimum atomic E-state index is -0.438. The van der Waals surface area contributed by atoms with Gasteiger partial charge in [-0.25, -0.2) is 0 Å². The quantitative estimate of drug-likeness (QED) is 0.712. The van der Waals surface area contributed by atoms with Gasteiger partial charge >= 0.3 is 0 Å². The lowest BCUT2D eigenvalue weighted by molar-refractivity contribution is -0.135. The number of carbonyl (C=O) groups excluding carboxylic acids is 1. The van der Waals surface area contributed by atoms with Crippen molar-refractivity contribution in [3.05, 3.63) is 0 Å². The van der Waals surface area contributed by atoms with E-state index in [0.29, 0.717) is 6.10 Å². The largest absolute Gasteiger partial charge is 0.381 e. The molecule has 1 amide bonds. The monoisotopic (exact) mass is 263 g/mol. The molecule has 0 radical (unpaired) electrons. The van der Waals surface area contributed by atoms with E-state index in [-0.39, 0.29) is 5.91 Å². The number of ether oxygens (including phenoxy) is 1. The van der Waals surface area contributed by atoms with Gasteiger partial charge in [0.05, 0.1) is 10.4 Å². The molecule has 0 saturated carbocycles. The molecule has 3 nitrogen and oxygen atoms in total. The van der Waals surface area contributed by atoms with E-state index in [2.05, 4.69) is 15.9 Å². The zero-order chi connectivity index (χ0) is 10.8. The molecule has 0 aromatic carbocycles. The Morgan fingerprint density at radius 1 is 1.43 bits per heavy atom. The first-order valence-electron chi connectivity index (χ1n) is 4.96. The minimum absolute atomic E-state index is 0.173. The summed E-state index contributed by atoms with van der Waals surface area (Å²) in [6, 6.07) is 0. The molecule has 0 unspecified atom stereocenters. The Morgan fingerprint density at radius 3 is 2.29 bits per heavy atom. The van der Waals surface area contributed by atoms with Gasteiger partial charge in [0, 0.05) is 20.2 Å². The summed E-state index contributed by atoms with van der Waals surface area (Å²) in [6.07, 6.45) is 2.23. The fourth-order valence-corrected chi connectivity index (χ4v) is 1.92. The number of methoxy groups -OCH3 is 1. The zero-order valence-corrected chi connectivity index (χ0v) is 10.6. The molecule has 0 atom stereocenters. The van der Waals surface area contributed by atoms with E-state index >= 15 is 0 Å². The van der Waals surface area contributed by atoms with Gasteiger partial charge in [0.2, 0.25) is 5.91 Å².